The largest absolute Gasteiger partial charge is 0.330 e. The normalized spacial score (nSPS) is 23.9. The molecule has 0 aliphatic heterocycles. The monoisotopic (exact) mass is 283 g/mol. The van der Waals surface area contributed by atoms with E-state index in [9.17, 15) is 0 Å². The van der Waals surface area contributed by atoms with E-state index in [1.54, 1.807) is 0 Å². The minimum Gasteiger partial charge on any atom is -0.330 e. The average molecular weight is 283 g/mol. The number of aromatic nitrogens is 2. The maximum Gasteiger partial charge on any atom is 0.0951 e. The lowest BCUT2D eigenvalue weighted by Gasteiger charge is -2.31. The van der Waals surface area contributed by atoms with Gasteiger partial charge in [-0.25, -0.2) is 4.98 Å². The standard InChI is InChI=1S/C18H25N3/c1-2-14-7-6-10-16(11-14)21-13-20-12-17(21)18(19)15-8-4-3-5-9-15/h3-5,8-9,12-14,16,18H,2,6-7,10-11,19H2,1H3. The molecule has 0 saturated heterocycles. The van der Waals surface area contributed by atoms with E-state index < -0.39 is 0 Å². The van der Waals surface area contributed by atoms with Crippen LogP contribution in [0.25, 0.3) is 0 Å². The Morgan fingerprint density at radius 3 is 2.86 bits per heavy atom. The molecule has 2 aromatic rings. The summed E-state index contributed by atoms with van der Waals surface area (Å²) in [6.45, 7) is 2.30. The smallest absolute Gasteiger partial charge is 0.0951 e. The lowest BCUT2D eigenvalue weighted by Crippen LogP contribution is -2.23. The van der Waals surface area contributed by atoms with E-state index >= 15 is 0 Å². The van der Waals surface area contributed by atoms with Crippen LogP contribution in [-0.4, -0.2) is 9.55 Å². The summed E-state index contributed by atoms with van der Waals surface area (Å²) in [6, 6.07) is 10.8. The second-order valence-corrected chi connectivity index (χ2v) is 6.21. The van der Waals surface area contributed by atoms with Crippen LogP contribution in [0.1, 0.15) is 62.4 Å². The van der Waals surface area contributed by atoms with Gasteiger partial charge in [-0.3, -0.25) is 0 Å². The lowest BCUT2D eigenvalue weighted by atomic mass is 9.84. The molecule has 3 heteroatoms. The van der Waals surface area contributed by atoms with Crippen molar-refractivity contribution in [1.29, 1.82) is 0 Å². The fourth-order valence-electron chi connectivity index (χ4n) is 3.58. The van der Waals surface area contributed by atoms with Gasteiger partial charge in [0.25, 0.3) is 0 Å². The van der Waals surface area contributed by atoms with Crippen LogP contribution in [-0.2, 0) is 0 Å². The van der Waals surface area contributed by atoms with Crippen molar-refractivity contribution in [3.8, 4) is 0 Å². The minimum absolute atomic E-state index is 0.0873. The Balaban J connectivity index is 1.84. The molecule has 1 aromatic heterocycles. The molecule has 21 heavy (non-hydrogen) atoms. The number of imidazole rings is 1. The highest BCUT2D eigenvalue weighted by Gasteiger charge is 2.25. The quantitative estimate of drug-likeness (QED) is 0.919. The fourth-order valence-corrected chi connectivity index (χ4v) is 3.58. The van der Waals surface area contributed by atoms with Crippen LogP contribution in [0.5, 0.6) is 0 Å². The maximum atomic E-state index is 6.47. The Bertz CT molecular complexity index is 561. The molecule has 0 radical (unpaired) electrons. The van der Waals surface area contributed by atoms with E-state index in [-0.39, 0.29) is 6.04 Å². The Hall–Kier alpha value is -1.61. The van der Waals surface area contributed by atoms with E-state index in [1.165, 1.54) is 32.1 Å². The average Bonchev–Trinajstić information content (AvgIpc) is 3.04. The summed E-state index contributed by atoms with van der Waals surface area (Å²) in [6.07, 6.45) is 10.4. The summed E-state index contributed by atoms with van der Waals surface area (Å²) in [5.74, 6) is 0.854. The van der Waals surface area contributed by atoms with Gasteiger partial charge in [-0.2, -0.15) is 0 Å². The molecule has 2 N–H and O–H groups in total. The van der Waals surface area contributed by atoms with Gasteiger partial charge in [0.1, 0.15) is 0 Å². The van der Waals surface area contributed by atoms with Crippen LogP contribution in [0.3, 0.4) is 0 Å². The van der Waals surface area contributed by atoms with Crippen molar-refractivity contribution in [2.45, 2.75) is 51.1 Å². The van der Waals surface area contributed by atoms with Crippen LogP contribution < -0.4 is 5.73 Å². The first-order valence-electron chi connectivity index (χ1n) is 8.11. The van der Waals surface area contributed by atoms with Crippen LogP contribution >= 0.6 is 0 Å². The molecule has 1 heterocycles. The van der Waals surface area contributed by atoms with Gasteiger partial charge in [-0.05, 0) is 24.3 Å². The van der Waals surface area contributed by atoms with Crippen LogP contribution in [0, 0.1) is 5.92 Å². The van der Waals surface area contributed by atoms with Crippen molar-refractivity contribution in [2.24, 2.45) is 11.7 Å². The van der Waals surface area contributed by atoms with Crippen molar-refractivity contribution in [2.75, 3.05) is 0 Å². The van der Waals surface area contributed by atoms with Gasteiger partial charge >= 0.3 is 0 Å². The second-order valence-electron chi connectivity index (χ2n) is 6.21. The number of nitrogens with zero attached hydrogens (tertiary/aromatic N) is 2. The summed E-state index contributed by atoms with van der Waals surface area (Å²) in [4.78, 5) is 4.38. The molecule has 1 saturated carbocycles. The maximum absolute atomic E-state index is 6.47. The fraction of sp³-hybridized carbons (Fsp3) is 0.500. The highest BCUT2D eigenvalue weighted by molar-refractivity contribution is 5.26. The Morgan fingerprint density at radius 1 is 1.29 bits per heavy atom. The third-order valence-corrected chi connectivity index (χ3v) is 4.90. The molecule has 1 fully saturated rings. The first kappa shape index (κ1) is 14.3. The molecule has 1 aliphatic carbocycles. The van der Waals surface area contributed by atoms with Gasteiger partial charge in [0.15, 0.2) is 0 Å². The molecule has 3 atom stereocenters. The summed E-state index contributed by atoms with van der Waals surface area (Å²) in [5.41, 5.74) is 8.77. The molecule has 1 aromatic carbocycles. The molecule has 3 nitrogen and oxygen atoms in total. The van der Waals surface area contributed by atoms with Gasteiger partial charge in [0, 0.05) is 6.04 Å². The Morgan fingerprint density at radius 2 is 2.10 bits per heavy atom. The van der Waals surface area contributed by atoms with Gasteiger partial charge in [0.2, 0.25) is 0 Å². The highest BCUT2D eigenvalue weighted by atomic mass is 15.1. The zero-order chi connectivity index (χ0) is 14.7. The molecule has 3 rings (SSSR count). The van der Waals surface area contributed by atoms with E-state index in [4.69, 9.17) is 5.73 Å². The predicted molar refractivity (Wildman–Crippen MR) is 86.0 cm³/mol. The summed E-state index contributed by atoms with van der Waals surface area (Å²) in [5, 5.41) is 0. The van der Waals surface area contributed by atoms with Crippen molar-refractivity contribution >= 4 is 0 Å². The van der Waals surface area contributed by atoms with Crippen molar-refractivity contribution in [3.05, 3.63) is 54.1 Å². The number of nitrogens with two attached hydrogens (primary N) is 1. The number of rotatable bonds is 4. The van der Waals surface area contributed by atoms with Gasteiger partial charge < -0.3 is 10.3 Å². The zero-order valence-corrected chi connectivity index (χ0v) is 12.8. The van der Waals surface area contributed by atoms with Gasteiger partial charge in [0.05, 0.1) is 24.3 Å². The Labute approximate surface area is 127 Å². The summed E-state index contributed by atoms with van der Waals surface area (Å²) < 4.78 is 2.33. The van der Waals surface area contributed by atoms with Crippen molar-refractivity contribution in [3.63, 3.8) is 0 Å². The number of benzene rings is 1. The highest BCUT2D eigenvalue weighted by Crippen LogP contribution is 2.36. The SMILES string of the molecule is CCC1CCCC(n2cncc2C(N)c2ccccc2)C1. The van der Waals surface area contributed by atoms with E-state index in [1.807, 2.05) is 30.7 Å². The second kappa shape index (κ2) is 6.44. The van der Waals surface area contributed by atoms with E-state index in [2.05, 4.69) is 28.6 Å². The number of hydrogen-bond acceptors (Lipinski definition) is 2. The zero-order valence-electron chi connectivity index (χ0n) is 12.8. The molecule has 112 valence electrons. The third-order valence-electron chi connectivity index (χ3n) is 4.90. The molecular weight excluding hydrogens is 258 g/mol. The van der Waals surface area contributed by atoms with E-state index in [0.717, 1.165) is 17.2 Å². The molecule has 0 amide bonds. The van der Waals surface area contributed by atoms with E-state index in [0.29, 0.717) is 6.04 Å². The van der Waals surface area contributed by atoms with Crippen molar-refractivity contribution in [1.82, 2.24) is 9.55 Å². The van der Waals surface area contributed by atoms with Gasteiger partial charge in [-0.1, -0.05) is 56.5 Å². The minimum atomic E-state index is -0.0873. The van der Waals surface area contributed by atoms with Crippen LogP contribution in [0.4, 0.5) is 0 Å². The van der Waals surface area contributed by atoms with Crippen LogP contribution in [0.2, 0.25) is 0 Å². The predicted octanol–water partition coefficient (Wildman–Crippen LogP) is 4.07. The molecule has 1 aliphatic rings. The molecule has 0 spiro atoms. The third kappa shape index (κ3) is 3.03. The Kier molecular flexibility index (Phi) is 4.39. The molecule has 0 bridgehead atoms. The first-order chi connectivity index (χ1) is 10.3. The van der Waals surface area contributed by atoms with Gasteiger partial charge in [-0.15, -0.1) is 0 Å². The number of hydrogen-bond donors (Lipinski definition) is 1. The van der Waals surface area contributed by atoms with Crippen LogP contribution in [0.15, 0.2) is 42.9 Å². The topological polar surface area (TPSA) is 43.8 Å². The first-order valence-corrected chi connectivity index (χ1v) is 8.11. The summed E-state index contributed by atoms with van der Waals surface area (Å²) in [7, 11) is 0. The lowest BCUT2D eigenvalue weighted by molar-refractivity contribution is 0.257. The molecule has 3 unspecified atom stereocenters. The molecular formula is C18H25N3. The summed E-state index contributed by atoms with van der Waals surface area (Å²) >= 11 is 0. The van der Waals surface area contributed by atoms with Crippen molar-refractivity contribution < 1.29 is 0 Å².